The molecule has 1 N–H and O–H groups in total. The SMILES string of the molecule is N#N.O=C(O)N1CCC2(CC=CC(=O)N2c2ccc(F)c(F)c2)CC1. The fourth-order valence-corrected chi connectivity index (χ4v) is 3.35. The zero-order valence-corrected chi connectivity index (χ0v) is 13.2. The number of amides is 2. The maximum Gasteiger partial charge on any atom is 0.407 e. The molecule has 2 aliphatic heterocycles. The monoisotopic (exact) mass is 350 g/mol. The van der Waals surface area contributed by atoms with Crippen LogP contribution in [0.1, 0.15) is 19.3 Å². The van der Waals surface area contributed by atoms with E-state index in [1.165, 1.54) is 21.9 Å². The Balaban J connectivity index is 0.00000109. The summed E-state index contributed by atoms with van der Waals surface area (Å²) in [7, 11) is 0. The predicted octanol–water partition coefficient (Wildman–Crippen LogP) is 2.80. The van der Waals surface area contributed by atoms with Gasteiger partial charge in [-0.25, -0.2) is 13.6 Å². The molecule has 1 saturated heterocycles. The molecule has 2 aliphatic rings. The summed E-state index contributed by atoms with van der Waals surface area (Å²) < 4.78 is 26.7. The maximum absolute atomic E-state index is 13.6. The molecule has 3 rings (SSSR count). The van der Waals surface area contributed by atoms with Crippen LogP contribution in [0.25, 0.3) is 0 Å². The smallest absolute Gasteiger partial charge is 0.407 e. The highest BCUT2D eigenvalue weighted by atomic mass is 19.2. The molecular formula is C16H16F2N4O3. The highest BCUT2D eigenvalue weighted by molar-refractivity contribution is 6.03. The van der Waals surface area contributed by atoms with Crippen LogP contribution >= 0.6 is 0 Å². The van der Waals surface area contributed by atoms with Gasteiger partial charge in [0.05, 0.1) is 5.54 Å². The summed E-state index contributed by atoms with van der Waals surface area (Å²) in [5.41, 5.74) is -0.302. The lowest BCUT2D eigenvalue weighted by Gasteiger charge is -2.49. The number of nitrogens with zero attached hydrogens (tertiary/aromatic N) is 4. The third-order valence-corrected chi connectivity index (χ3v) is 4.58. The molecule has 0 radical (unpaired) electrons. The molecule has 2 amide bonds. The van der Waals surface area contributed by atoms with Crippen LogP contribution in [0.2, 0.25) is 0 Å². The van der Waals surface area contributed by atoms with Gasteiger partial charge in [0.15, 0.2) is 11.6 Å². The molecule has 132 valence electrons. The van der Waals surface area contributed by atoms with E-state index in [0.717, 1.165) is 12.1 Å². The molecule has 1 aromatic rings. The van der Waals surface area contributed by atoms with Crippen molar-refractivity contribution in [3.05, 3.63) is 42.0 Å². The standard InChI is InChI=1S/C16H16F2N2O3.N2/c17-12-4-3-11(10-13(12)18)20-14(21)2-1-5-16(20)6-8-19(9-7-16)15(22)23;1-2/h1-4,10H,5-9H2,(H,22,23);. The first-order valence-electron chi connectivity index (χ1n) is 7.57. The summed E-state index contributed by atoms with van der Waals surface area (Å²) in [4.78, 5) is 26.2. The van der Waals surface area contributed by atoms with E-state index >= 15 is 0 Å². The summed E-state index contributed by atoms with van der Waals surface area (Å²) in [6.45, 7) is 0.604. The Bertz CT molecular complexity index is 727. The van der Waals surface area contributed by atoms with Crippen LogP contribution in [-0.2, 0) is 4.79 Å². The molecule has 0 bridgehead atoms. The zero-order valence-electron chi connectivity index (χ0n) is 13.2. The molecule has 0 aromatic heterocycles. The van der Waals surface area contributed by atoms with Gasteiger partial charge in [-0.15, -0.1) is 0 Å². The molecule has 0 unspecified atom stereocenters. The quantitative estimate of drug-likeness (QED) is 0.783. The van der Waals surface area contributed by atoms with Gasteiger partial charge < -0.3 is 14.9 Å². The topological polar surface area (TPSA) is 108 Å². The first kappa shape index (κ1) is 18.3. The first-order valence-corrected chi connectivity index (χ1v) is 7.57. The van der Waals surface area contributed by atoms with Crippen molar-refractivity contribution in [2.45, 2.75) is 24.8 Å². The van der Waals surface area contributed by atoms with Crippen molar-refractivity contribution in [3.8, 4) is 0 Å². The van der Waals surface area contributed by atoms with Crippen molar-refractivity contribution in [2.24, 2.45) is 0 Å². The van der Waals surface area contributed by atoms with Crippen LogP contribution in [0, 0.1) is 22.4 Å². The van der Waals surface area contributed by atoms with Gasteiger partial charge in [-0.1, -0.05) is 6.08 Å². The molecule has 0 atom stereocenters. The van der Waals surface area contributed by atoms with Crippen LogP contribution in [0.5, 0.6) is 0 Å². The number of rotatable bonds is 1. The molecule has 7 nitrogen and oxygen atoms in total. The van der Waals surface area contributed by atoms with E-state index < -0.39 is 23.3 Å². The Labute approximate surface area is 142 Å². The summed E-state index contributed by atoms with van der Waals surface area (Å²) in [6, 6.07) is 3.38. The molecule has 2 heterocycles. The lowest BCUT2D eigenvalue weighted by molar-refractivity contribution is -0.116. The van der Waals surface area contributed by atoms with Crippen molar-refractivity contribution >= 4 is 17.7 Å². The highest BCUT2D eigenvalue weighted by Crippen LogP contribution is 2.39. The lowest BCUT2D eigenvalue weighted by atomic mass is 9.80. The number of benzene rings is 1. The minimum atomic E-state index is -1.01. The van der Waals surface area contributed by atoms with Crippen LogP contribution < -0.4 is 4.90 Å². The zero-order chi connectivity index (χ0) is 18.6. The second kappa shape index (κ2) is 7.25. The second-order valence-electron chi connectivity index (χ2n) is 5.87. The number of halogens is 2. The van der Waals surface area contributed by atoms with E-state index in [1.807, 2.05) is 0 Å². The van der Waals surface area contributed by atoms with Gasteiger partial charge in [0.2, 0.25) is 0 Å². The second-order valence-corrected chi connectivity index (χ2v) is 5.87. The molecule has 9 heteroatoms. The largest absolute Gasteiger partial charge is 0.465 e. The van der Waals surface area contributed by atoms with Gasteiger partial charge in [-0.05, 0) is 37.5 Å². The summed E-state index contributed by atoms with van der Waals surface area (Å²) >= 11 is 0. The van der Waals surface area contributed by atoms with E-state index in [2.05, 4.69) is 0 Å². The number of carboxylic acid groups (broad SMARTS) is 1. The minimum Gasteiger partial charge on any atom is -0.465 e. The molecule has 0 aliphatic carbocycles. The first-order chi connectivity index (χ1) is 11.9. The Kier molecular flexibility index (Phi) is 5.32. The molecular weight excluding hydrogens is 334 g/mol. The van der Waals surface area contributed by atoms with Crippen molar-refractivity contribution in [2.75, 3.05) is 18.0 Å². The fourth-order valence-electron chi connectivity index (χ4n) is 3.35. The molecule has 1 spiro atoms. The van der Waals surface area contributed by atoms with Crippen LogP contribution in [0.4, 0.5) is 19.3 Å². The normalized spacial score (nSPS) is 18.6. The molecule has 0 saturated carbocycles. The lowest BCUT2D eigenvalue weighted by Crippen LogP contribution is -2.59. The van der Waals surface area contributed by atoms with Crippen molar-refractivity contribution < 1.29 is 23.5 Å². The van der Waals surface area contributed by atoms with Gasteiger partial charge >= 0.3 is 6.09 Å². The summed E-state index contributed by atoms with van der Waals surface area (Å²) in [5.74, 6) is -2.28. The van der Waals surface area contributed by atoms with Gasteiger partial charge in [0.25, 0.3) is 5.91 Å². The van der Waals surface area contributed by atoms with Gasteiger partial charge in [-0.2, -0.15) is 0 Å². The third kappa shape index (κ3) is 3.42. The Hall–Kier alpha value is -3.02. The van der Waals surface area contributed by atoms with E-state index in [0.29, 0.717) is 38.0 Å². The number of carbonyl (C=O) groups is 2. The Morgan fingerprint density at radius 1 is 1.16 bits per heavy atom. The van der Waals surface area contributed by atoms with Crippen LogP contribution in [0.15, 0.2) is 30.4 Å². The van der Waals surface area contributed by atoms with Crippen molar-refractivity contribution in [3.63, 3.8) is 0 Å². The summed E-state index contributed by atoms with van der Waals surface area (Å²) in [5, 5.41) is 21.1. The Morgan fingerprint density at radius 3 is 2.36 bits per heavy atom. The van der Waals surface area contributed by atoms with E-state index in [9.17, 15) is 18.4 Å². The predicted molar refractivity (Wildman–Crippen MR) is 82.6 cm³/mol. The van der Waals surface area contributed by atoms with E-state index in [1.54, 1.807) is 6.08 Å². The molecule has 25 heavy (non-hydrogen) atoms. The number of piperidine rings is 1. The average molecular weight is 350 g/mol. The van der Waals surface area contributed by atoms with Gasteiger partial charge in [0.1, 0.15) is 0 Å². The Morgan fingerprint density at radius 2 is 1.80 bits per heavy atom. The number of anilines is 1. The van der Waals surface area contributed by atoms with Gasteiger partial charge in [0, 0.05) is 35.6 Å². The molecule has 1 aromatic carbocycles. The van der Waals surface area contributed by atoms with E-state index in [4.69, 9.17) is 15.9 Å². The van der Waals surface area contributed by atoms with Crippen LogP contribution in [0.3, 0.4) is 0 Å². The minimum absolute atomic E-state index is 0.294. The molecule has 1 fully saturated rings. The number of carbonyl (C=O) groups excluding carboxylic acids is 1. The number of likely N-dealkylation sites (tertiary alicyclic amines) is 1. The number of hydrogen-bond donors (Lipinski definition) is 1. The highest BCUT2D eigenvalue weighted by Gasteiger charge is 2.44. The maximum atomic E-state index is 13.6. The number of hydrogen-bond acceptors (Lipinski definition) is 4. The van der Waals surface area contributed by atoms with Crippen molar-refractivity contribution in [1.29, 1.82) is 10.8 Å². The third-order valence-electron chi connectivity index (χ3n) is 4.58. The average Bonchev–Trinajstić information content (AvgIpc) is 2.60. The fraction of sp³-hybridized carbons (Fsp3) is 0.375. The van der Waals surface area contributed by atoms with Gasteiger partial charge in [-0.3, -0.25) is 4.79 Å². The summed E-state index contributed by atoms with van der Waals surface area (Å²) in [6.07, 6.45) is 3.65. The van der Waals surface area contributed by atoms with E-state index in [-0.39, 0.29) is 5.91 Å². The van der Waals surface area contributed by atoms with Crippen molar-refractivity contribution in [1.82, 2.24) is 4.90 Å². The van der Waals surface area contributed by atoms with Crippen LogP contribution in [-0.4, -0.2) is 40.6 Å².